The number of rotatable bonds is 5. The molecule has 1 saturated heterocycles. The second-order valence-corrected chi connectivity index (χ2v) is 11.0. The summed E-state index contributed by atoms with van der Waals surface area (Å²) < 4.78 is 101. The highest BCUT2D eigenvalue weighted by Gasteiger charge is 2.40. The molecule has 0 N–H and O–H groups in total. The molecule has 1 unspecified atom stereocenters. The fraction of sp³-hybridized carbons (Fsp3) is 0.375. The summed E-state index contributed by atoms with van der Waals surface area (Å²) in [6.45, 7) is 4.61. The summed E-state index contributed by atoms with van der Waals surface area (Å²) in [7, 11) is 1.28. The van der Waals surface area contributed by atoms with Gasteiger partial charge in [0.1, 0.15) is 11.9 Å². The maximum Gasteiger partial charge on any atom is 0.416 e. The molecule has 3 amide bonds. The molecule has 0 radical (unpaired) electrons. The molecular weight excluding hydrogens is 607 g/mol. The van der Waals surface area contributed by atoms with Gasteiger partial charge in [-0.15, -0.1) is 0 Å². The molecule has 3 atom stereocenters. The molecule has 0 aliphatic carbocycles. The highest BCUT2D eigenvalue weighted by molar-refractivity contribution is 5.76. The normalized spacial score (nSPS) is 17.1. The number of alkyl halides is 6. The molecule has 13 heteroatoms. The molecule has 0 spiro atoms. The Morgan fingerprint density at radius 3 is 2.02 bits per heavy atom. The van der Waals surface area contributed by atoms with Crippen LogP contribution in [-0.2, 0) is 17.1 Å². The lowest BCUT2D eigenvalue weighted by atomic mass is 9.97. The van der Waals surface area contributed by atoms with Crippen LogP contribution in [0.25, 0.3) is 0 Å². The third-order valence-corrected chi connectivity index (χ3v) is 8.00. The van der Waals surface area contributed by atoms with Crippen molar-refractivity contribution in [2.75, 3.05) is 26.7 Å². The predicted molar refractivity (Wildman–Crippen MR) is 152 cm³/mol. The third kappa shape index (κ3) is 7.69. The van der Waals surface area contributed by atoms with Crippen molar-refractivity contribution in [1.82, 2.24) is 14.7 Å². The molecule has 3 aromatic rings. The van der Waals surface area contributed by atoms with Crippen molar-refractivity contribution >= 4 is 12.1 Å². The van der Waals surface area contributed by atoms with Gasteiger partial charge in [-0.3, -0.25) is 0 Å². The number of halogens is 7. The summed E-state index contributed by atoms with van der Waals surface area (Å²) >= 11 is 0. The minimum Gasteiger partial charge on any atom is -0.442 e. The molecule has 0 aromatic heterocycles. The quantitative estimate of drug-likeness (QED) is 0.263. The smallest absolute Gasteiger partial charge is 0.416 e. The first-order chi connectivity index (χ1) is 21.0. The lowest BCUT2D eigenvalue weighted by Gasteiger charge is -2.44. The highest BCUT2D eigenvalue weighted by Crippen LogP contribution is 2.39. The number of carbonyl (C=O) groups is 2. The average molecular weight is 640 g/mol. The Hall–Kier alpha value is -4.29. The van der Waals surface area contributed by atoms with Crippen molar-refractivity contribution in [3.05, 3.63) is 106 Å². The van der Waals surface area contributed by atoms with Crippen molar-refractivity contribution in [3.63, 3.8) is 0 Å². The van der Waals surface area contributed by atoms with E-state index in [4.69, 9.17) is 4.74 Å². The maximum absolute atomic E-state index is 14.0. The maximum atomic E-state index is 14.0. The SMILES string of the molecule is Cc1cc(F)ccc1[C@H]1CN(C(=O)OC(C)c2ccccc2)CCN1C(=O)N(C)[C@H](C)c1cc(C(F)(F)F)cc(C(F)(F)F)c1. The molecule has 1 fully saturated rings. The standard InChI is InChI=1S/C32H32F7N3O3/c1-19-14-26(33)10-11-27(19)28-18-41(30(44)45-21(3)22-8-6-5-7-9-22)12-13-42(28)29(43)40(4)20(2)23-15-24(31(34,35)36)17-25(16-23)32(37,38)39/h5-11,14-17,20-21,28H,12-13,18H2,1-4H3/t20-,21?,28-/m1/s1. The van der Waals surface area contributed by atoms with E-state index in [1.165, 1.54) is 42.0 Å². The van der Waals surface area contributed by atoms with Crippen LogP contribution >= 0.6 is 0 Å². The lowest BCUT2D eigenvalue weighted by Crippen LogP contribution is -2.55. The zero-order valence-electron chi connectivity index (χ0n) is 24.9. The van der Waals surface area contributed by atoms with Crippen molar-refractivity contribution < 1.29 is 45.1 Å². The summed E-state index contributed by atoms with van der Waals surface area (Å²) in [5, 5.41) is 0. The van der Waals surface area contributed by atoms with Gasteiger partial charge in [0.15, 0.2) is 0 Å². The van der Waals surface area contributed by atoms with Gasteiger partial charge in [-0.25, -0.2) is 14.0 Å². The Kier molecular flexibility index (Phi) is 9.69. The Balaban J connectivity index is 1.62. The van der Waals surface area contributed by atoms with E-state index in [1.807, 2.05) is 6.07 Å². The van der Waals surface area contributed by atoms with Crippen LogP contribution in [0.15, 0.2) is 66.7 Å². The van der Waals surface area contributed by atoms with E-state index in [1.54, 1.807) is 38.1 Å². The molecule has 242 valence electrons. The van der Waals surface area contributed by atoms with Gasteiger partial charge in [0.2, 0.25) is 0 Å². The van der Waals surface area contributed by atoms with Gasteiger partial charge in [-0.1, -0.05) is 36.4 Å². The van der Waals surface area contributed by atoms with Crippen LogP contribution in [0.3, 0.4) is 0 Å². The van der Waals surface area contributed by atoms with Crippen LogP contribution in [-0.4, -0.2) is 53.5 Å². The van der Waals surface area contributed by atoms with E-state index >= 15 is 0 Å². The van der Waals surface area contributed by atoms with Crippen LogP contribution in [0.4, 0.5) is 40.3 Å². The van der Waals surface area contributed by atoms with Crippen molar-refractivity contribution in [2.45, 2.75) is 51.3 Å². The summed E-state index contributed by atoms with van der Waals surface area (Å²) in [4.78, 5) is 30.9. The van der Waals surface area contributed by atoms with Crippen LogP contribution in [0.5, 0.6) is 0 Å². The van der Waals surface area contributed by atoms with E-state index in [0.29, 0.717) is 23.3 Å². The Morgan fingerprint density at radius 2 is 1.47 bits per heavy atom. The van der Waals surface area contributed by atoms with Crippen LogP contribution < -0.4 is 0 Å². The number of nitrogens with zero attached hydrogens (tertiary/aromatic N) is 3. The molecular formula is C32H32F7N3O3. The molecule has 1 aliphatic rings. The molecule has 4 rings (SSSR count). The first kappa shape index (κ1) is 33.6. The Bertz CT molecular complexity index is 1500. The number of benzene rings is 3. The highest BCUT2D eigenvalue weighted by atomic mass is 19.4. The van der Waals surface area contributed by atoms with Gasteiger partial charge in [-0.05, 0) is 73.4 Å². The van der Waals surface area contributed by atoms with E-state index in [2.05, 4.69) is 0 Å². The molecule has 1 aliphatic heterocycles. The molecule has 3 aromatic carbocycles. The van der Waals surface area contributed by atoms with Gasteiger partial charge < -0.3 is 19.4 Å². The number of ether oxygens (including phenoxy) is 1. The topological polar surface area (TPSA) is 53.1 Å². The number of aryl methyl sites for hydroxylation is 1. The number of piperazine rings is 1. The Morgan fingerprint density at radius 1 is 0.867 bits per heavy atom. The molecule has 1 heterocycles. The fourth-order valence-electron chi connectivity index (χ4n) is 5.29. The minimum atomic E-state index is -5.05. The van der Waals surface area contributed by atoms with E-state index in [0.717, 1.165) is 10.5 Å². The minimum absolute atomic E-state index is 0.0301. The summed E-state index contributed by atoms with van der Waals surface area (Å²) in [5.41, 5.74) is -1.58. The first-order valence-electron chi connectivity index (χ1n) is 14.1. The summed E-state index contributed by atoms with van der Waals surface area (Å²) in [5.74, 6) is -0.520. The molecule has 45 heavy (non-hydrogen) atoms. The van der Waals surface area contributed by atoms with Crippen molar-refractivity contribution in [3.8, 4) is 0 Å². The summed E-state index contributed by atoms with van der Waals surface area (Å²) in [6, 6.07) is 11.5. The third-order valence-electron chi connectivity index (χ3n) is 8.00. The molecule has 6 nitrogen and oxygen atoms in total. The summed E-state index contributed by atoms with van der Waals surface area (Å²) in [6.07, 6.45) is -11.3. The van der Waals surface area contributed by atoms with Crippen molar-refractivity contribution in [1.29, 1.82) is 0 Å². The van der Waals surface area contributed by atoms with Gasteiger partial charge in [0, 0.05) is 26.7 Å². The first-order valence-corrected chi connectivity index (χ1v) is 14.1. The molecule has 0 saturated carbocycles. The van der Waals surface area contributed by atoms with E-state index in [9.17, 15) is 40.3 Å². The van der Waals surface area contributed by atoms with Crippen molar-refractivity contribution in [2.24, 2.45) is 0 Å². The number of hydrogen-bond acceptors (Lipinski definition) is 3. The van der Waals surface area contributed by atoms with Gasteiger partial charge in [-0.2, -0.15) is 26.3 Å². The average Bonchev–Trinajstić information content (AvgIpc) is 2.99. The number of carbonyl (C=O) groups excluding carboxylic acids is 2. The fourth-order valence-corrected chi connectivity index (χ4v) is 5.29. The molecule has 0 bridgehead atoms. The Labute approximate surface area is 256 Å². The predicted octanol–water partition coefficient (Wildman–Crippen LogP) is 8.54. The van der Waals surface area contributed by atoms with Gasteiger partial charge >= 0.3 is 24.5 Å². The van der Waals surface area contributed by atoms with Gasteiger partial charge in [0.25, 0.3) is 0 Å². The zero-order chi connectivity index (χ0) is 33.3. The second kappa shape index (κ2) is 13.0. The van der Waals surface area contributed by atoms with Crippen LogP contribution in [0.2, 0.25) is 0 Å². The zero-order valence-corrected chi connectivity index (χ0v) is 24.9. The van der Waals surface area contributed by atoms with E-state index < -0.39 is 59.6 Å². The number of hydrogen-bond donors (Lipinski definition) is 0. The second-order valence-electron chi connectivity index (χ2n) is 11.0. The van der Waals surface area contributed by atoms with Crippen LogP contribution in [0.1, 0.15) is 65.4 Å². The van der Waals surface area contributed by atoms with Crippen LogP contribution in [0, 0.1) is 12.7 Å². The number of amides is 3. The lowest BCUT2D eigenvalue weighted by molar-refractivity contribution is -0.143. The number of urea groups is 1. The van der Waals surface area contributed by atoms with Gasteiger partial charge in [0.05, 0.1) is 23.2 Å². The van der Waals surface area contributed by atoms with E-state index in [-0.39, 0.29) is 31.3 Å². The monoisotopic (exact) mass is 639 g/mol. The largest absolute Gasteiger partial charge is 0.442 e.